The normalized spacial score (nSPS) is 11.0. The molecule has 0 unspecified atom stereocenters. The van der Waals surface area contributed by atoms with E-state index < -0.39 is 39.4 Å². The van der Waals surface area contributed by atoms with E-state index in [0.29, 0.717) is 0 Å². The Kier molecular flexibility index (Phi) is 8.05. The average molecular weight is 523 g/mol. The van der Waals surface area contributed by atoms with E-state index in [1.54, 1.807) is 13.0 Å². The van der Waals surface area contributed by atoms with E-state index in [-0.39, 0.29) is 27.8 Å². The Bertz CT molecular complexity index is 1340. The summed E-state index contributed by atoms with van der Waals surface area (Å²) in [6.07, 6.45) is 0. The number of hydrogen-bond donors (Lipinski definition) is 2. The number of nitrogens with two attached hydrogens (primary N) is 1. The van der Waals surface area contributed by atoms with Crippen LogP contribution in [-0.2, 0) is 24.3 Å². The fraction of sp³-hybridized carbons (Fsp3) is 0.136. The van der Waals surface area contributed by atoms with E-state index in [0.717, 1.165) is 27.8 Å². The van der Waals surface area contributed by atoms with Crippen LogP contribution in [0.4, 0.5) is 5.69 Å². The first-order valence-electron chi connectivity index (χ1n) is 9.76. The van der Waals surface area contributed by atoms with Crippen molar-refractivity contribution in [1.29, 1.82) is 0 Å². The molecule has 0 saturated carbocycles. The maximum atomic E-state index is 12.4. The Labute approximate surface area is 204 Å². The highest BCUT2D eigenvalue weighted by atomic mass is 35.5. The minimum Gasteiger partial charge on any atom is -0.462 e. The van der Waals surface area contributed by atoms with Gasteiger partial charge in [-0.3, -0.25) is 4.79 Å². The van der Waals surface area contributed by atoms with Crippen molar-refractivity contribution in [2.45, 2.75) is 11.8 Å². The van der Waals surface area contributed by atoms with Gasteiger partial charge in [0, 0.05) is 4.88 Å². The number of carbonyl (C=O) groups is 3. The summed E-state index contributed by atoms with van der Waals surface area (Å²) in [5.41, 5.74) is 0.903. The highest BCUT2D eigenvalue weighted by Crippen LogP contribution is 2.35. The van der Waals surface area contributed by atoms with Gasteiger partial charge < -0.3 is 14.8 Å². The fourth-order valence-electron chi connectivity index (χ4n) is 2.83. The lowest BCUT2D eigenvalue weighted by atomic mass is 10.2. The number of sulfonamides is 1. The van der Waals surface area contributed by atoms with Crippen LogP contribution in [0.2, 0.25) is 5.02 Å². The molecule has 0 saturated heterocycles. The molecule has 1 heterocycles. The Hall–Kier alpha value is -3.25. The number of ether oxygens (including phenoxy) is 2. The van der Waals surface area contributed by atoms with Gasteiger partial charge in [0.15, 0.2) is 6.61 Å². The molecule has 0 aliphatic heterocycles. The molecule has 0 radical (unpaired) electrons. The first kappa shape index (κ1) is 25.4. The zero-order valence-corrected chi connectivity index (χ0v) is 20.1. The molecule has 0 atom stereocenters. The molecule has 0 fully saturated rings. The summed E-state index contributed by atoms with van der Waals surface area (Å²) >= 11 is 6.95. The van der Waals surface area contributed by atoms with Crippen LogP contribution in [0, 0.1) is 0 Å². The van der Waals surface area contributed by atoms with Crippen molar-refractivity contribution in [3.8, 4) is 10.4 Å². The highest BCUT2D eigenvalue weighted by Gasteiger charge is 2.21. The number of benzene rings is 2. The molecule has 3 aromatic rings. The number of hydrogen-bond acceptors (Lipinski definition) is 8. The third-order valence-corrected chi connectivity index (χ3v) is 6.89. The Morgan fingerprint density at radius 3 is 2.38 bits per heavy atom. The van der Waals surface area contributed by atoms with Crippen molar-refractivity contribution in [3.63, 3.8) is 0 Å². The van der Waals surface area contributed by atoms with E-state index >= 15 is 0 Å². The number of nitrogens with one attached hydrogen (secondary N) is 1. The van der Waals surface area contributed by atoms with Crippen LogP contribution in [0.5, 0.6) is 0 Å². The second-order valence-electron chi connectivity index (χ2n) is 6.75. The minimum absolute atomic E-state index is 0.157. The van der Waals surface area contributed by atoms with Gasteiger partial charge in [-0.1, -0.05) is 41.9 Å². The molecule has 178 valence electrons. The second-order valence-corrected chi connectivity index (χ2v) is 9.74. The number of thiophene rings is 1. The largest absolute Gasteiger partial charge is 0.462 e. The molecule has 1 amide bonds. The van der Waals surface area contributed by atoms with Crippen molar-refractivity contribution in [2.24, 2.45) is 5.14 Å². The van der Waals surface area contributed by atoms with E-state index in [4.69, 9.17) is 26.2 Å². The van der Waals surface area contributed by atoms with Gasteiger partial charge in [-0.25, -0.2) is 23.1 Å². The molecule has 34 heavy (non-hydrogen) atoms. The SMILES string of the molecule is CCOC(=O)c1sc(-c2ccccc2)cc1NC(=O)COC(=O)c1ccc(Cl)c(S(N)(=O)=O)c1. The number of amides is 1. The van der Waals surface area contributed by atoms with E-state index in [9.17, 15) is 22.8 Å². The average Bonchev–Trinajstić information content (AvgIpc) is 3.21. The molecule has 3 rings (SSSR count). The Balaban J connectivity index is 1.74. The van der Waals surface area contributed by atoms with Crippen molar-refractivity contribution >= 4 is 56.5 Å². The first-order valence-corrected chi connectivity index (χ1v) is 12.5. The summed E-state index contributed by atoms with van der Waals surface area (Å²) in [6, 6.07) is 14.3. The number of carbonyl (C=O) groups excluding carboxylic acids is 3. The quantitative estimate of drug-likeness (QED) is 0.429. The predicted molar refractivity (Wildman–Crippen MR) is 127 cm³/mol. The molecular formula is C22H19ClN2O7S2. The summed E-state index contributed by atoms with van der Waals surface area (Å²) in [6.45, 7) is 1.13. The molecule has 1 aromatic heterocycles. The van der Waals surface area contributed by atoms with E-state index in [1.807, 2.05) is 30.3 Å². The van der Waals surface area contributed by atoms with Gasteiger partial charge in [0.05, 0.1) is 22.9 Å². The maximum absolute atomic E-state index is 12.4. The lowest BCUT2D eigenvalue weighted by Gasteiger charge is -2.08. The summed E-state index contributed by atoms with van der Waals surface area (Å²) in [5, 5.41) is 7.46. The van der Waals surface area contributed by atoms with Gasteiger partial charge in [-0.2, -0.15) is 0 Å². The number of halogens is 1. The monoisotopic (exact) mass is 522 g/mol. The van der Waals surface area contributed by atoms with Crippen LogP contribution in [0.15, 0.2) is 59.5 Å². The summed E-state index contributed by atoms with van der Waals surface area (Å²) in [4.78, 5) is 37.6. The molecule has 2 aromatic carbocycles. The zero-order valence-electron chi connectivity index (χ0n) is 17.7. The van der Waals surface area contributed by atoms with Crippen LogP contribution in [-0.4, -0.2) is 39.5 Å². The molecule has 0 aliphatic carbocycles. The Morgan fingerprint density at radius 1 is 1.03 bits per heavy atom. The number of rotatable bonds is 8. The van der Waals surface area contributed by atoms with E-state index in [1.165, 1.54) is 12.1 Å². The molecule has 0 bridgehead atoms. The smallest absolute Gasteiger partial charge is 0.350 e. The van der Waals surface area contributed by atoms with Gasteiger partial charge in [-0.15, -0.1) is 11.3 Å². The molecular weight excluding hydrogens is 504 g/mol. The van der Waals surface area contributed by atoms with Crippen LogP contribution >= 0.6 is 22.9 Å². The highest BCUT2D eigenvalue weighted by molar-refractivity contribution is 7.89. The van der Waals surface area contributed by atoms with Crippen LogP contribution in [0.3, 0.4) is 0 Å². The van der Waals surface area contributed by atoms with Gasteiger partial charge in [0.1, 0.15) is 9.77 Å². The van der Waals surface area contributed by atoms with Crippen LogP contribution in [0.1, 0.15) is 27.0 Å². The molecule has 12 heteroatoms. The zero-order chi connectivity index (χ0) is 24.9. The van der Waals surface area contributed by atoms with Crippen molar-refractivity contribution in [1.82, 2.24) is 0 Å². The molecule has 0 spiro atoms. The van der Waals surface area contributed by atoms with Crippen molar-refractivity contribution < 1.29 is 32.3 Å². The lowest BCUT2D eigenvalue weighted by Crippen LogP contribution is -2.22. The minimum atomic E-state index is -4.16. The summed E-state index contributed by atoms with van der Waals surface area (Å²) < 4.78 is 33.2. The first-order chi connectivity index (χ1) is 16.1. The standard InChI is InChI=1S/C22H19ClN2O7S2/c1-2-31-22(28)20-16(11-17(33-20)13-6-4-3-5-7-13)25-19(26)12-32-21(27)14-8-9-15(23)18(10-14)34(24,29)30/h3-11H,2,12H2,1H3,(H,25,26)(H2,24,29,30). The fourth-order valence-corrected chi connectivity index (χ4v) is 4.91. The maximum Gasteiger partial charge on any atom is 0.350 e. The molecule has 9 nitrogen and oxygen atoms in total. The van der Waals surface area contributed by atoms with Crippen LogP contribution < -0.4 is 10.5 Å². The van der Waals surface area contributed by atoms with Crippen molar-refractivity contribution in [3.05, 3.63) is 70.1 Å². The Morgan fingerprint density at radius 2 is 1.74 bits per heavy atom. The molecule has 0 aliphatic rings. The van der Waals surface area contributed by atoms with Gasteiger partial charge in [-0.05, 0) is 36.8 Å². The summed E-state index contributed by atoms with van der Waals surface area (Å²) in [7, 11) is -4.16. The second kappa shape index (κ2) is 10.8. The van der Waals surface area contributed by atoms with Crippen molar-refractivity contribution in [2.75, 3.05) is 18.5 Å². The topological polar surface area (TPSA) is 142 Å². The van der Waals surface area contributed by atoms with Gasteiger partial charge in [0.25, 0.3) is 5.91 Å². The third kappa shape index (κ3) is 6.20. The van der Waals surface area contributed by atoms with Crippen LogP contribution in [0.25, 0.3) is 10.4 Å². The van der Waals surface area contributed by atoms with Gasteiger partial charge in [0.2, 0.25) is 10.0 Å². The third-order valence-electron chi connectivity index (χ3n) is 4.33. The number of anilines is 1. The van der Waals surface area contributed by atoms with E-state index in [2.05, 4.69) is 5.32 Å². The number of esters is 2. The summed E-state index contributed by atoms with van der Waals surface area (Å²) in [5.74, 6) is -2.27. The van der Waals surface area contributed by atoms with Gasteiger partial charge >= 0.3 is 11.9 Å². The number of primary sulfonamides is 1. The predicted octanol–water partition coefficient (Wildman–Crippen LogP) is 3.69. The molecule has 3 N–H and O–H groups in total. The lowest BCUT2D eigenvalue weighted by molar-refractivity contribution is -0.119.